The Morgan fingerprint density at radius 2 is 2.14 bits per heavy atom. The third kappa shape index (κ3) is 4.51. The standard InChI is InChI=1S/C16H25N3O3/c1-11-10-19(15(20)22-16(2,3)4)8-7-13(11)21-14-6-5-12(17)9-18-14/h5-6,9,11,13H,7-8,10,17H2,1-4H3. The number of hydrogen-bond donors (Lipinski definition) is 1. The summed E-state index contributed by atoms with van der Waals surface area (Å²) < 4.78 is 11.3. The van der Waals surface area contributed by atoms with Crippen molar-refractivity contribution in [1.82, 2.24) is 9.88 Å². The van der Waals surface area contributed by atoms with Gasteiger partial charge in [0.25, 0.3) is 0 Å². The Bertz CT molecular complexity index is 510. The first kappa shape index (κ1) is 16.4. The maximum Gasteiger partial charge on any atom is 0.410 e. The van der Waals surface area contributed by atoms with Crippen molar-refractivity contribution in [2.24, 2.45) is 5.92 Å². The number of anilines is 1. The summed E-state index contributed by atoms with van der Waals surface area (Å²) in [4.78, 5) is 18.0. The average molecular weight is 307 g/mol. The van der Waals surface area contributed by atoms with Crippen LogP contribution in [-0.4, -0.2) is 40.8 Å². The van der Waals surface area contributed by atoms with Gasteiger partial charge in [0.05, 0.1) is 11.9 Å². The predicted molar refractivity (Wildman–Crippen MR) is 84.7 cm³/mol. The lowest BCUT2D eigenvalue weighted by atomic mass is 9.97. The van der Waals surface area contributed by atoms with E-state index in [1.165, 1.54) is 0 Å². The number of aromatic nitrogens is 1. The van der Waals surface area contributed by atoms with Gasteiger partial charge in [0.1, 0.15) is 11.7 Å². The van der Waals surface area contributed by atoms with Crippen LogP contribution in [0.2, 0.25) is 0 Å². The van der Waals surface area contributed by atoms with Crippen LogP contribution in [-0.2, 0) is 4.74 Å². The number of nitrogens with zero attached hydrogens (tertiary/aromatic N) is 2. The van der Waals surface area contributed by atoms with Gasteiger partial charge in [0.2, 0.25) is 5.88 Å². The molecule has 1 aliphatic heterocycles. The molecule has 1 aromatic rings. The predicted octanol–water partition coefficient (Wildman–Crippen LogP) is 2.69. The van der Waals surface area contributed by atoms with E-state index in [0.29, 0.717) is 24.7 Å². The van der Waals surface area contributed by atoms with Crippen LogP contribution in [0.5, 0.6) is 5.88 Å². The van der Waals surface area contributed by atoms with Gasteiger partial charge in [-0.15, -0.1) is 0 Å². The highest BCUT2D eigenvalue weighted by molar-refractivity contribution is 5.68. The summed E-state index contributed by atoms with van der Waals surface area (Å²) in [6.07, 6.45) is 2.11. The molecule has 2 unspecified atom stereocenters. The number of carbonyl (C=O) groups is 1. The Balaban J connectivity index is 1.90. The van der Waals surface area contributed by atoms with Gasteiger partial charge in [0, 0.05) is 31.5 Å². The lowest BCUT2D eigenvalue weighted by molar-refractivity contribution is -0.000333. The summed E-state index contributed by atoms with van der Waals surface area (Å²) in [5, 5.41) is 0. The first-order valence-corrected chi connectivity index (χ1v) is 7.61. The average Bonchev–Trinajstić information content (AvgIpc) is 2.41. The first-order chi connectivity index (χ1) is 10.2. The summed E-state index contributed by atoms with van der Waals surface area (Å²) in [7, 11) is 0. The second-order valence-corrected chi connectivity index (χ2v) is 6.78. The third-order valence-electron chi connectivity index (χ3n) is 3.51. The van der Waals surface area contributed by atoms with E-state index in [-0.39, 0.29) is 18.1 Å². The van der Waals surface area contributed by atoms with Gasteiger partial charge in [-0.2, -0.15) is 0 Å². The Morgan fingerprint density at radius 3 is 2.68 bits per heavy atom. The van der Waals surface area contributed by atoms with Crippen molar-refractivity contribution < 1.29 is 14.3 Å². The molecule has 22 heavy (non-hydrogen) atoms. The second-order valence-electron chi connectivity index (χ2n) is 6.78. The number of amides is 1. The minimum absolute atomic E-state index is 0.0369. The number of nitrogens with two attached hydrogens (primary N) is 1. The third-order valence-corrected chi connectivity index (χ3v) is 3.51. The molecule has 0 aliphatic carbocycles. The van der Waals surface area contributed by atoms with E-state index >= 15 is 0 Å². The van der Waals surface area contributed by atoms with Crippen LogP contribution >= 0.6 is 0 Å². The van der Waals surface area contributed by atoms with Crippen molar-refractivity contribution in [2.75, 3.05) is 18.8 Å². The molecule has 0 bridgehead atoms. The van der Waals surface area contributed by atoms with Gasteiger partial charge in [0.15, 0.2) is 0 Å². The van der Waals surface area contributed by atoms with Crippen LogP contribution in [0.15, 0.2) is 18.3 Å². The van der Waals surface area contributed by atoms with Gasteiger partial charge >= 0.3 is 6.09 Å². The fourth-order valence-electron chi connectivity index (χ4n) is 2.41. The molecule has 1 aliphatic rings. The summed E-state index contributed by atoms with van der Waals surface area (Å²) in [5.74, 6) is 0.775. The van der Waals surface area contributed by atoms with E-state index in [0.717, 1.165) is 6.42 Å². The molecule has 1 aromatic heterocycles. The Kier molecular flexibility index (Phi) is 4.78. The molecule has 1 fully saturated rings. The van der Waals surface area contributed by atoms with Crippen molar-refractivity contribution in [3.05, 3.63) is 18.3 Å². The van der Waals surface area contributed by atoms with Gasteiger partial charge in [-0.05, 0) is 26.8 Å². The van der Waals surface area contributed by atoms with Crippen LogP contribution in [0.25, 0.3) is 0 Å². The van der Waals surface area contributed by atoms with Crippen LogP contribution < -0.4 is 10.5 Å². The zero-order valence-electron chi connectivity index (χ0n) is 13.7. The molecule has 0 radical (unpaired) electrons. The van der Waals surface area contributed by atoms with E-state index in [9.17, 15) is 4.79 Å². The Morgan fingerprint density at radius 1 is 1.41 bits per heavy atom. The van der Waals surface area contributed by atoms with Crippen molar-refractivity contribution >= 4 is 11.8 Å². The van der Waals surface area contributed by atoms with E-state index in [4.69, 9.17) is 15.2 Å². The van der Waals surface area contributed by atoms with Crippen LogP contribution in [0.3, 0.4) is 0 Å². The van der Waals surface area contributed by atoms with Crippen molar-refractivity contribution in [3.8, 4) is 5.88 Å². The molecule has 2 heterocycles. The quantitative estimate of drug-likeness (QED) is 0.909. The summed E-state index contributed by atoms with van der Waals surface area (Å²) in [6, 6.07) is 3.53. The van der Waals surface area contributed by atoms with Gasteiger partial charge in [-0.1, -0.05) is 6.92 Å². The normalized spacial score (nSPS) is 22.3. The zero-order valence-corrected chi connectivity index (χ0v) is 13.7. The van der Waals surface area contributed by atoms with Crippen LogP contribution in [0.4, 0.5) is 10.5 Å². The molecule has 1 amide bonds. The smallest absolute Gasteiger partial charge is 0.410 e. The number of piperidine rings is 1. The number of nitrogen functional groups attached to an aromatic ring is 1. The zero-order chi connectivity index (χ0) is 16.3. The van der Waals surface area contributed by atoms with Crippen LogP contribution in [0, 0.1) is 5.92 Å². The minimum Gasteiger partial charge on any atom is -0.474 e. The number of hydrogen-bond acceptors (Lipinski definition) is 5. The lowest BCUT2D eigenvalue weighted by Crippen LogP contribution is -2.48. The molecule has 0 aromatic carbocycles. The molecular formula is C16H25N3O3. The van der Waals surface area contributed by atoms with E-state index in [1.54, 1.807) is 23.2 Å². The molecule has 6 nitrogen and oxygen atoms in total. The summed E-state index contributed by atoms with van der Waals surface area (Å²) in [6.45, 7) is 8.93. The van der Waals surface area contributed by atoms with Gasteiger partial charge in [-0.3, -0.25) is 0 Å². The molecule has 2 atom stereocenters. The van der Waals surface area contributed by atoms with Crippen molar-refractivity contribution in [2.45, 2.75) is 45.8 Å². The van der Waals surface area contributed by atoms with E-state index in [1.807, 2.05) is 20.8 Å². The second kappa shape index (κ2) is 6.42. The highest BCUT2D eigenvalue weighted by Gasteiger charge is 2.32. The van der Waals surface area contributed by atoms with Gasteiger partial charge < -0.3 is 20.1 Å². The molecule has 1 saturated heterocycles. The molecule has 0 saturated carbocycles. The largest absolute Gasteiger partial charge is 0.474 e. The Labute approximate surface area is 131 Å². The number of carbonyl (C=O) groups excluding carboxylic acids is 1. The highest BCUT2D eigenvalue weighted by Crippen LogP contribution is 2.23. The van der Waals surface area contributed by atoms with E-state index < -0.39 is 5.60 Å². The lowest BCUT2D eigenvalue weighted by Gasteiger charge is -2.37. The number of likely N-dealkylation sites (tertiary alicyclic amines) is 1. The molecule has 122 valence electrons. The number of pyridine rings is 1. The SMILES string of the molecule is CC1CN(C(=O)OC(C)(C)C)CCC1Oc1ccc(N)cn1. The summed E-state index contributed by atoms with van der Waals surface area (Å²) in [5.41, 5.74) is 5.75. The van der Waals surface area contributed by atoms with Gasteiger partial charge in [-0.25, -0.2) is 9.78 Å². The Hall–Kier alpha value is -1.98. The molecule has 0 spiro atoms. The fourth-order valence-corrected chi connectivity index (χ4v) is 2.41. The molecule has 2 N–H and O–H groups in total. The topological polar surface area (TPSA) is 77.7 Å². The minimum atomic E-state index is -0.471. The summed E-state index contributed by atoms with van der Waals surface area (Å²) >= 11 is 0. The fraction of sp³-hybridized carbons (Fsp3) is 0.625. The first-order valence-electron chi connectivity index (χ1n) is 7.61. The highest BCUT2D eigenvalue weighted by atomic mass is 16.6. The maximum absolute atomic E-state index is 12.1. The van der Waals surface area contributed by atoms with E-state index in [2.05, 4.69) is 11.9 Å². The van der Waals surface area contributed by atoms with Crippen LogP contribution in [0.1, 0.15) is 34.1 Å². The molecule has 6 heteroatoms. The number of ether oxygens (including phenoxy) is 2. The van der Waals surface area contributed by atoms with Crippen molar-refractivity contribution in [3.63, 3.8) is 0 Å². The molecular weight excluding hydrogens is 282 g/mol. The monoisotopic (exact) mass is 307 g/mol. The van der Waals surface area contributed by atoms with Crippen molar-refractivity contribution in [1.29, 1.82) is 0 Å². The molecule has 2 rings (SSSR count). The maximum atomic E-state index is 12.1. The number of rotatable bonds is 2.